The van der Waals surface area contributed by atoms with Gasteiger partial charge in [0.05, 0.1) is 5.56 Å². The summed E-state index contributed by atoms with van der Waals surface area (Å²) < 4.78 is 5.95. The zero-order valence-electron chi connectivity index (χ0n) is 13.6. The van der Waals surface area contributed by atoms with Gasteiger partial charge in [-0.05, 0) is 35.9 Å². The third-order valence-electron chi connectivity index (χ3n) is 4.11. The van der Waals surface area contributed by atoms with Gasteiger partial charge in [-0.3, -0.25) is 9.78 Å². The monoisotopic (exact) mass is 342 g/mol. The van der Waals surface area contributed by atoms with E-state index < -0.39 is 6.04 Å². The van der Waals surface area contributed by atoms with Gasteiger partial charge in [0.15, 0.2) is 0 Å². The number of H-pyrrole nitrogens is 1. The Morgan fingerprint density at radius 1 is 1.19 bits per heavy atom. The van der Waals surface area contributed by atoms with Gasteiger partial charge in [0.2, 0.25) is 0 Å². The van der Waals surface area contributed by atoms with E-state index in [1.54, 1.807) is 12.4 Å². The van der Waals surface area contributed by atoms with Gasteiger partial charge in [-0.2, -0.15) is 5.26 Å². The predicted octanol–water partition coefficient (Wildman–Crippen LogP) is 3.55. The molecule has 3 heterocycles. The number of nitrogens with one attached hydrogen (secondary N) is 2. The first kappa shape index (κ1) is 15.7. The van der Waals surface area contributed by atoms with E-state index in [4.69, 9.17) is 9.68 Å². The molecule has 0 bridgehead atoms. The number of amides is 1. The Bertz CT molecular complexity index is 1070. The fourth-order valence-electron chi connectivity index (χ4n) is 2.82. The van der Waals surface area contributed by atoms with Crippen LogP contribution < -0.4 is 5.32 Å². The van der Waals surface area contributed by atoms with Crippen LogP contribution in [0.15, 0.2) is 71.5 Å². The van der Waals surface area contributed by atoms with E-state index in [0.29, 0.717) is 17.0 Å². The van der Waals surface area contributed by atoms with Gasteiger partial charge in [-0.1, -0.05) is 18.2 Å². The number of rotatable bonds is 4. The molecule has 0 fully saturated rings. The van der Waals surface area contributed by atoms with Crippen molar-refractivity contribution in [1.82, 2.24) is 15.3 Å². The molecule has 0 spiro atoms. The largest absolute Gasteiger partial charge is 0.459 e. The average Bonchev–Trinajstić information content (AvgIpc) is 3.33. The van der Waals surface area contributed by atoms with E-state index in [-0.39, 0.29) is 5.91 Å². The lowest BCUT2D eigenvalue weighted by molar-refractivity contribution is 0.0939. The van der Waals surface area contributed by atoms with Gasteiger partial charge in [-0.15, -0.1) is 0 Å². The van der Waals surface area contributed by atoms with E-state index in [0.717, 1.165) is 16.5 Å². The molecule has 126 valence electrons. The van der Waals surface area contributed by atoms with E-state index in [1.165, 1.54) is 12.3 Å². The van der Waals surface area contributed by atoms with Crippen LogP contribution in [0.5, 0.6) is 0 Å². The summed E-state index contributed by atoms with van der Waals surface area (Å²) in [6, 6.07) is 16.3. The van der Waals surface area contributed by atoms with Gasteiger partial charge < -0.3 is 14.7 Å². The second kappa shape index (κ2) is 6.57. The highest BCUT2D eigenvalue weighted by Crippen LogP contribution is 2.28. The Kier molecular flexibility index (Phi) is 3.96. The molecule has 1 aromatic carbocycles. The van der Waals surface area contributed by atoms with Crippen molar-refractivity contribution in [2.45, 2.75) is 6.04 Å². The van der Waals surface area contributed by atoms with Crippen molar-refractivity contribution in [3.63, 3.8) is 0 Å². The fraction of sp³-hybridized carbons (Fsp3) is 0.0500. The quantitative estimate of drug-likeness (QED) is 0.593. The van der Waals surface area contributed by atoms with E-state index in [9.17, 15) is 4.79 Å². The van der Waals surface area contributed by atoms with Crippen LogP contribution >= 0.6 is 0 Å². The zero-order valence-corrected chi connectivity index (χ0v) is 13.6. The summed E-state index contributed by atoms with van der Waals surface area (Å²) in [5.74, 6) is 0.326. The van der Waals surface area contributed by atoms with Gasteiger partial charge >= 0.3 is 0 Å². The summed E-state index contributed by atoms with van der Waals surface area (Å²) in [4.78, 5) is 19.4. The average molecular weight is 342 g/mol. The van der Waals surface area contributed by atoms with Gasteiger partial charge in [0.1, 0.15) is 29.1 Å². The smallest absolute Gasteiger partial charge is 0.253 e. The molecule has 0 unspecified atom stereocenters. The Morgan fingerprint density at radius 2 is 2.00 bits per heavy atom. The van der Waals surface area contributed by atoms with Crippen molar-refractivity contribution in [3.8, 4) is 6.07 Å². The molecule has 1 amide bonds. The maximum Gasteiger partial charge on any atom is 0.253 e. The molecule has 4 rings (SSSR count). The van der Waals surface area contributed by atoms with Crippen molar-refractivity contribution in [3.05, 3.63) is 89.7 Å². The topological polar surface area (TPSA) is 94.7 Å². The molecule has 2 N–H and O–H groups in total. The molecule has 0 saturated carbocycles. The minimum Gasteiger partial charge on any atom is -0.459 e. The minimum atomic E-state index is -0.474. The summed E-state index contributed by atoms with van der Waals surface area (Å²) in [5, 5.41) is 12.9. The number of aromatic amines is 1. The molecule has 4 aromatic rings. The Balaban J connectivity index is 1.71. The van der Waals surface area contributed by atoms with Crippen molar-refractivity contribution < 1.29 is 9.21 Å². The van der Waals surface area contributed by atoms with Crippen LogP contribution in [0.3, 0.4) is 0 Å². The zero-order chi connectivity index (χ0) is 17.9. The number of hydrogen-bond donors (Lipinski definition) is 2. The van der Waals surface area contributed by atoms with Gasteiger partial charge in [-0.25, -0.2) is 0 Å². The standard InChI is InChI=1S/C20H14N4O2/c21-11-16-9-15(12-23-16)20(25)24-19(13-5-7-22-8-6-13)18-10-14-3-1-2-4-17(14)26-18/h1-10,12,19,23H,(H,24,25)/t19-/m1/s1. The number of nitriles is 1. The second-order valence-corrected chi connectivity index (χ2v) is 5.79. The Labute approximate surface area is 149 Å². The number of furan rings is 1. The van der Waals surface area contributed by atoms with E-state index >= 15 is 0 Å². The minimum absolute atomic E-state index is 0.301. The molecule has 0 aliphatic rings. The van der Waals surface area contributed by atoms with Crippen LogP contribution in [0.2, 0.25) is 0 Å². The third-order valence-corrected chi connectivity index (χ3v) is 4.11. The summed E-state index contributed by atoms with van der Waals surface area (Å²) in [5.41, 5.74) is 2.32. The molecule has 6 heteroatoms. The lowest BCUT2D eigenvalue weighted by Gasteiger charge is -2.16. The van der Waals surface area contributed by atoms with Gasteiger partial charge in [0.25, 0.3) is 5.91 Å². The van der Waals surface area contributed by atoms with Gasteiger partial charge in [0, 0.05) is 24.0 Å². The number of carbonyl (C=O) groups excluding carboxylic acids is 1. The highest BCUT2D eigenvalue weighted by Gasteiger charge is 2.22. The number of aromatic nitrogens is 2. The lowest BCUT2D eigenvalue weighted by atomic mass is 10.1. The summed E-state index contributed by atoms with van der Waals surface area (Å²) >= 11 is 0. The number of fused-ring (bicyclic) bond motifs is 1. The van der Waals surface area contributed by atoms with Crippen LogP contribution in [0.1, 0.15) is 33.4 Å². The molecule has 0 saturated heterocycles. The number of carbonyl (C=O) groups is 1. The maximum absolute atomic E-state index is 12.6. The van der Waals surface area contributed by atoms with Crippen molar-refractivity contribution in [2.75, 3.05) is 0 Å². The summed E-state index contributed by atoms with van der Waals surface area (Å²) in [6.07, 6.45) is 4.85. The fourth-order valence-corrected chi connectivity index (χ4v) is 2.82. The molecule has 26 heavy (non-hydrogen) atoms. The van der Waals surface area contributed by atoms with Crippen LogP contribution in [0, 0.1) is 11.3 Å². The molecule has 6 nitrogen and oxygen atoms in total. The SMILES string of the molecule is N#Cc1cc(C(=O)N[C@H](c2ccncc2)c2cc3ccccc3o2)c[nH]1. The van der Waals surface area contributed by atoms with Crippen molar-refractivity contribution >= 4 is 16.9 Å². The van der Waals surface area contributed by atoms with Crippen LogP contribution in [0.4, 0.5) is 0 Å². The first-order valence-corrected chi connectivity index (χ1v) is 8.02. The molecule has 1 atom stereocenters. The Hall–Kier alpha value is -3.85. The molecule has 0 aliphatic carbocycles. The molecule has 0 radical (unpaired) electrons. The first-order valence-electron chi connectivity index (χ1n) is 8.02. The number of para-hydroxylation sites is 1. The number of nitrogens with zero attached hydrogens (tertiary/aromatic N) is 2. The number of pyridine rings is 1. The first-order chi connectivity index (χ1) is 12.7. The normalized spacial score (nSPS) is 11.8. The van der Waals surface area contributed by atoms with Crippen molar-refractivity contribution in [2.24, 2.45) is 0 Å². The van der Waals surface area contributed by atoms with Crippen LogP contribution in [-0.2, 0) is 0 Å². The number of hydrogen-bond acceptors (Lipinski definition) is 4. The summed E-state index contributed by atoms with van der Waals surface area (Å²) in [7, 11) is 0. The maximum atomic E-state index is 12.6. The molecular weight excluding hydrogens is 328 g/mol. The predicted molar refractivity (Wildman–Crippen MR) is 95.3 cm³/mol. The van der Waals surface area contributed by atoms with Crippen molar-refractivity contribution in [1.29, 1.82) is 5.26 Å². The highest BCUT2D eigenvalue weighted by molar-refractivity contribution is 5.95. The molecular formula is C20H14N4O2. The highest BCUT2D eigenvalue weighted by atomic mass is 16.3. The van der Waals surface area contributed by atoms with Crippen LogP contribution in [-0.4, -0.2) is 15.9 Å². The third kappa shape index (κ3) is 2.94. The van der Waals surface area contributed by atoms with E-state index in [1.807, 2.05) is 48.5 Å². The Morgan fingerprint density at radius 3 is 2.73 bits per heavy atom. The summed E-state index contributed by atoms with van der Waals surface area (Å²) in [6.45, 7) is 0. The van der Waals surface area contributed by atoms with E-state index in [2.05, 4.69) is 15.3 Å². The number of benzene rings is 1. The lowest BCUT2D eigenvalue weighted by Crippen LogP contribution is -2.28. The molecule has 3 aromatic heterocycles. The molecule has 0 aliphatic heterocycles. The second-order valence-electron chi connectivity index (χ2n) is 5.79. The van der Waals surface area contributed by atoms with Crippen LogP contribution in [0.25, 0.3) is 11.0 Å².